The second-order valence-electron chi connectivity index (χ2n) is 5.50. The van der Waals surface area contributed by atoms with E-state index in [1.165, 1.54) is 0 Å². The predicted molar refractivity (Wildman–Crippen MR) is 96.5 cm³/mol. The van der Waals surface area contributed by atoms with Crippen LogP contribution in [0, 0.1) is 20.8 Å². The van der Waals surface area contributed by atoms with Crippen molar-refractivity contribution in [2.75, 3.05) is 5.32 Å². The summed E-state index contributed by atoms with van der Waals surface area (Å²) in [5, 5.41) is 3.51. The SMILES string of the molecule is Cc1ccc(NC(=O)c2c(C)nc3c(C)cc(Br)cn23)cc1Cl. The Hall–Kier alpha value is -1.85. The summed E-state index contributed by atoms with van der Waals surface area (Å²) in [7, 11) is 0. The van der Waals surface area contributed by atoms with Crippen molar-refractivity contribution >= 4 is 44.8 Å². The summed E-state index contributed by atoms with van der Waals surface area (Å²) in [6, 6.07) is 7.43. The minimum Gasteiger partial charge on any atom is -0.321 e. The number of hydrogen-bond acceptors (Lipinski definition) is 2. The normalized spacial score (nSPS) is 11.0. The molecule has 1 aromatic carbocycles. The number of hydrogen-bond donors (Lipinski definition) is 1. The average molecular weight is 393 g/mol. The Morgan fingerprint density at radius 2 is 1.96 bits per heavy atom. The number of fused-ring (bicyclic) bond motifs is 1. The first-order chi connectivity index (χ1) is 10.9. The van der Waals surface area contributed by atoms with E-state index >= 15 is 0 Å². The van der Waals surface area contributed by atoms with Gasteiger partial charge in [0.2, 0.25) is 0 Å². The van der Waals surface area contributed by atoms with Crippen LogP contribution in [-0.2, 0) is 0 Å². The third kappa shape index (κ3) is 2.99. The van der Waals surface area contributed by atoms with E-state index < -0.39 is 0 Å². The molecule has 118 valence electrons. The fourth-order valence-corrected chi connectivity index (χ4v) is 3.25. The molecule has 0 aliphatic heterocycles. The molecular formula is C17H15BrClN3O. The molecule has 0 saturated heterocycles. The van der Waals surface area contributed by atoms with Crippen LogP contribution in [-0.4, -0.2) is 15.3 Å². The Kier molecular flexibility index (Phi) is 4.17. The molecule has 1 N–H and O–H groups in total. The molecule has 0 radical (unpaired) electrons. The first-order valence-corrected chi connectivity index (χ1v) is 8.26. The van der Waals surface area contributed by atoms with Crippen LogP contribution in [0.5, 0.6) is 0 Å². The molecule has 3 aromatic rings. The van der Waals surface area contributed by atoms with Crippen LogP contribution in [0.25, 0.3) is 5.65 Å². The van der Waals surface area contributed by atoms with Crippen LogP contribution in [0.15, 0.2) is 34.9 Å². The van der Waals surface area contributed by atoms with Crippen molar-refractivity contribution in [3.63, 3.8) is 0 Å². The number of aryl methyl sites for hydroxylation is 3. The minimum absolute atomic E-state index is 0.215. The van der Waals surface area contributed by atoms with Gasteiger partial charge in [-0.05, 0) is 66.0 Å². The molecule has 4 nitrogen and oxygen atoms in total. The lowest BCUT2D eigenvalue weighted by Crippen LogP contribution is -2.15. The zero-order valence-corrected chi connectivity index (χ0v) is 15.3. The fraction of sp³-hybridized carbons (Fsp3) is 0.176. The Balaban J connectivity index is 2.04. The van der Waals surface area contributed by atoms with Gasteiger partial charge in [0.05, 0.1) is 5.69 Å². The third-order valence-corrected chi connectivity index (χ3v) is 4.53. The smallest absolute Gasteiger partial charge is 0.274 e. The number of carbonyl (C=O) groups is 1. The van der Waals surface area contributed by atoms with Crippen molar-refractivity contribution in [2.24, 2.45) is 0 Å². The third-order valence-electron chi connectivity index (χ3n) is 3.69. The van der Waals surface area contributed by atoms with Crippen LogP contribution in [0.4, 0.5) is 5.69 Å². The Morgan fingerprint density at radius 3 is 2.65 bits per heavy atom. The van der Waals surface area contributed by atoms with Crippen molar-refractivity contribution in [3.05, 3.63) is 62.5 Å². The molecule has 0 unspecified atom stereocenters. The monoisotopic (exact) mass is 391 g/mol. The fourth-order valence-electron chi connectivity index (χ4n) is 2.52. The van der Waals surface area contributed by atoms with Gasteiger partial charge in [-0.25, -0.2) is 4.98 Å². The minimum atomic E-state index is -0.215. The number of nitrogens with one attached hydrogen (secondary N) is 1. The van der Waals surface area contributed by atoms with Crippen LogP contribution >= 0.6 is 27.5 Å². The summed E-state index contributed by atoms with van der Waals surface area (Å²) in [6.07, 6.45) is 1.85. The quantitative estimate of drug-likeness (QED) is 0.672. The van der Waals surface area contributed by atoms with E-state index in [1.54, 1.807) is 10.5 Å². The number of nitrogens with zero attached hydrogens (tertiary/aromatic N) is 2. The van der Waals surface area contributed by atoms with Crippen molar-refractivity contribution in [1.82, 2.24) is 9.38 Å². The van der Waals surface area contributed by atoms with Gasteiger partial charge in [-0.3, -0.25) is 9.20 Å². The largest absolute Gasteiger partial charge is 0.321 e. The number of rotatable bonds is 2. The number of anilines is 1. The predicted octanol–water partition coefficient (Wildman–Crippen LogP) is 4.93. The average Bonchev–Trinajstić information content (AvgIpc) is 2.79. The molecule has 1 amide bonds. The highest BCUT2D eigenvalue weighted by atomic mass is 79.9. The lowest BCUT2D eigenvalue weighted by molar-refractivity contribution is 0.102. The number of carbonyl (C=O) groups excluding carboxylic acids is 1. The van der Waals surface area contributed by atoms with E-state index in [9.17, 15) is 4.79 Å². The lowest BCUT2D eigenvalue weighted by Gasteiger charge is -2.08. The van der Waals surface area contributed by atoms with E-state index in [4.69, 9.17) is 11.6 Å². The van der Waals surface area contributed by atoms with Gasteiger partial charge >= 0.3 is 0 Å². The number of aromatic nitrogens is 2. The molecule has 0 aliphatic rings. The van der Waals surface area contributed by atoms with Crippen molar-refractivity contribution in [2.45, 2.75) is 20.8 Å². The summed E-state index contributed by atoms with van der Waals surface area (Å²) >= 11 is 9.58. The van der Waals surface area contributed by atoms with Gasteiger partial charge in [0.25, 0.3) is 5.91 Å². The number of benzene rings is 1. The number of amides is 1. The topological polar surface area (TPSA) is 46.4 Å². The molecule has 6 heteroatoms. The molecule has 0 bridgehead atoms. The molecule has 0 saturated carbocycles. The van der Waals surface area contributed by atoms with Gasteiger partial charge in [0.15, 0.2) is 0 Å². The molecular weight excluding hydrogens is 378 g/mol. The lowest BCUT2D eigenvalue weighted by atomic mass is 10.2. The highest BCUT2D eigenvalue weighted by Gasteiger charge is 2.18. The number of pyridine rings is 1. The van der Waals surface area contributed by atoms with Crippen LogP contribution in [0.3, 0.4) is 0 Å². The van der Waals surface area contributed by atoms with Crippen LogP contribution < -0.4 is 5.32 Å². The highest BCUT2D eigenvalue weighted by molar-refractivity contribution is 9.10. The highest BCUT2D eigenvalue weighted by Crippen LogP contribution is 2.23. The standard InChI is InChI=1S/C17H15BrClN3O/c1-9-4-5-13(7-14(9)19)21-17(23)15-11(3)20-16-10(2)6-12(18)8-22(15)16/h4-8H,1-3H3,(H,21,23). The first kappa shape index (κ1) is 16.0. The molecule has 3 rings (SSSR count). The second-order valence-corrected chi connectivity index (χ2v) is 6.82. The van der Waals surface area contributed by atoms with Gasteiger partial charge in [-0.15, -0.1) is 0 Å². The van der Waals surface area contributed by atoms with E-state index in [1.807, 2.05) is 45.2 Å². The van der Waals surface area contributed by atoms with E-state index in [2.05, 4.69) is 26.2 Å². The molecule has 0 atom stereocenters. The summed E-state index contributed by atoms with van der Waals surface area (Å²) in [5.74, 6) is -0.215. The molecule has 0 fully saturated rings. The van der Waals surface area contributed by atoms with E-state index in [0.29, 0.717) is 22.1 Å². The Morgan fingerprint density at radius 1 is 1.22 bits per heavy atom. The van der Waals surface area contributed by atoms with Gasteiger partial charge in [0.1, 0.15) is 11.3 Å². The van der Waals surface area contributed by atoms with Crippen molar-refractivity contribution < 1.29 is 4.79 Å². The molecule has 0 aliphatic carbocycles. The summed E-state index contributed by atoms with van der Waals surface area (Å²) in [5.41, 5.74) is 4.60. The Bertz CT molecular complexity index is 933. The summed E-state index contributed by atoms with van der Waals surface area (Å²) in [6.45, 7) is 5.72. The van der Waals surface area contributed by atoms with Crippen molar-refractivity contribution in [1.29, 1.82) is 0 Å². The van der Waals surface area contributed by atoms with E-state index in [-0.39, 0.29) is 5.91 Å². The van der Waals surface area contributed by atoms with Crippen LogP contribution in [0.1, 0.15) is 27.3 Å². The van der Waals surface area contributed by atoms with Gasteiger partial charge in [0, 0.05) is 21.4 Å². The van der Waals surface area contributed by atoms with Gasteiger partial charge < -0.3 is 5.32 Å². The Labute approximate surface area is 147 Å². The maximum Gasteiger partial charge on any atom is 0.274 e. The number of halogens is 2. The van der Waals surface area contributed by atoms with E-state index in [0.717, 1.165) is 21.2 Å². The zero-order valence-electron chi connectivity index (χ0n) is 12.9. The number of imidazole rings is 1. The van der Waals surface area contributed by atoms with Crippen molar-refractivity contribution in [3.8, 4) is 0 Å². The summed E-state index contributed by atoms with van der Waals surface area (Å²) < 4.78 is 2.70. The maximum absolute atomic E-state index is 12.7. The van der Waals surface area contributed by atoms with Gasteiger partial charge in [-0.2, -0.15) is 0 Å². The zero-order chi connectivity index (χ0) is 16.7. The molecule has 2 aromatic heterocycles. The first-order valence-electron chi connectivity index (χ1n) is 7.09. The molecule has 0 spiro atoms. The summed E-state index contributed by atoms with van der Waals surface area (Å²) in [4.78, 5) is 17.2. The molecule has 2 heterocycles. The maximum atomic E-state index is 12.7. The van der Waals surface area contributed by atoms with Crippen LogP contribution in [0.2, 0.25) is 5.02 Å². The second kappa shape index (κ2) is 5.98. The van der Waals surface area contributed by atoms with Gasteiger partial charge in [-0.1, -0.05) is 17.7 Å². The molecule has 23 heavy (non-hydrogen) atoms.